The molecule has 0 unspecified atom stereocenters. The van der Waals surface area contributed by atoms with Gasteiger partial charge < -0.3 is 15.0 Å². The number of carbonyl (C=O) groups is 2. The first-order valence-electron chi connectivity index (χ1n) is 10.5. The van der Waals surface area contributed by atoms with Gasteiger partial charge in [0.25, 0.3) is 11.8 Å². The highest BCUT2D eigenvalue weighted by molar-refractivity contribution is 5.98. The van der Waals surface area contributed by atoms with Crippen LogP contribution in [0.4, 0.5) is 5.69 Å². The molecule has 0 aliphatic carbocycles. The zero-order valence-corrected chi connectivity index (χ0v) is 18.8. The van der Waals surface area contributed by atoms with Gasteiger partial charge in [-0.15, -0.1) is 0 Å². The van der Waals surface area contributed by atoms with Gasteiger partial charge in [0, 0.05) is 11.6 Å². The molecule has 0 radical (unpaired) electrons. The number of nitrogens with zero attached hydrogens (tertiary/aromatic N) is 1. The van der Waals surface area contributed by atoms with Crippen LogP contribution in [0.15, 0.2) is 42.5 Å². The van der Waals surface area contributed by atoms with Gasteiger partial charge in [0.1, 0.15) is 5.75 Å². The largest absolute Gasteiger partial charge is 0.482 e. The van der Waals surface area contributed by atoms with Gasteiger partial charge in [-0.05, 0) is 53.6 Å². The molecule has 1 aliphatic heterocycles. The van der Waals surface area contributed by atoms with E-state index >= 15 is 0 Å². The summed E-state index contributed by atoms with van der Waals surface area (Å²) in [6.45, 7) is 13.0. The van der Waals surface area contributed by atoms with E-state index in [1.165, 1.54) is 0 Å². The highest BCUT2D eigenvalue weighted by Crippen LogP contribution is 2.37. The molecule has 0 spiro atoms. The molecule has 2 amide bonds. The summed E-state index contributed by atoms with van der Waals surface area (Å²) in [5, 5.41) is 3.04. The fourth-order valence-electron chi connectivity index (χ4n) is 3.29. The average Bonchev–Trinajstić information content (AvgIpc) is 2.69. The molecule has 160 valence electrons. The Labute approximate surface area is 179 Å². The van der Waals surface area contributed by atoms with Crippen LogP contribution in [0.5, 0.6) is 5.75 Å². The number of amides is 2. The molecular formula is C25H32N2O3. The first-order chi connectivity index (χ1) is 14.1. The van der Waals surface area contributed by atoms with Crippen LogP contribution in [0.2, 0.25) is 0 Å². The number of hydrogen-bond donors (Lipinski definition) is 1. The Morgan fingerprint density at radius 1 is 1.13 bits per heavy atom. The second kappa shape index (κ2) is 8.50. The van der Waals surface area contributed by atoms with Crippen LogP contribution >= 0.6 is 0 Å². The maximum absolute atomic E-state index is 12.7. The third-order valence-corrected chi connectivity index (χ3v) is 5.66. The highest BCUT2D eigenvalue weighted by Gasteiger charge is 2.28. The van der Waals surface area contributed by atoms with E-state index in [0.29, 0.717) is 23.8 Å². The predicted molar refractivity (Wildman–Crippen MR) is 120 cm³/mol. The summed E-state index contributed by atoms with van der Waals surface area (Å²) in [4.78, 5) is 27.0. The smallest absolute Gasteiger partial charge is 0.265 e. The summed E-state index contributed by atoms with van der Waals surface area (Å²) in [6, 6.07) is 13.6. The summed E-state index contributed by atoms with van der Waals surface area (Å²) in [7, 11) is 0. The quantitative estimate of drug-likeness (QED) is 0.781. The van der Waals surface area contributed by atoms with Crippen molar-refractivity contribution in [2.24, 2.45) is 5.92 Å². The first-order valence-corrected chi connectivity index (χ1v) is 10.5. The molecule has 0 saturated carbocycles. The van der Waals surface area contributed by atoms with Gasteiger partial charge >= 0.3 is 0 Å². The second-order valence-electron chi connectivity index (χ2n) is 9.41. The molecule has 1 heterocycles. The summed E-state index contributed by atoms with van der Waals surface area (Å²) in [6.07, 6.45) is 0. The standard InChI is InChI=1S/C25H32N2O3/c1-16(2)17(3)26-24(29)19-9-7-8-18(12-19)14-27-21-13-20(25(4,5)6)10-11-22(21)30-15-23(27)28/h7-13,16-17H,14-15H2,1-6H3,(H,26,29)/t17-/m0/s1. The number of rotatable bonds is 5. The average molecular weight is 409 g/mol. The van der Waals surface area contributed by atoms with Crippen molar-refractivity contribution in [1.82, 2.24) is 5.32 Å². The van der Waals surface area contributed by atoms with Crippen LogP contribution in [-0.4, -0.2) is 24.5 Å². The van der Waals surface area contributed by atoms with Crippen molar-refractivity contribution in [1.29, 1.82) is 0 Å². The summed E-state index contributed by atoms with van der Waals surface area (Å²) >= 11 is 0. The molecule has 0 fully saturated rings. The van der Waals surface area contributed by atoms with Crippen molar-refractivity contribution in [3.05, 3.63) is 59.2 Å². The maximum atomic E-state index is 12.7. The van der Waals surface area contributed by atoms with Crippen LogP contribution in [-0.2, 0) is 16.8 Å². The number of hydrogen-bond acceptors (Lipinski definition) is 3. The lowest BCUT2D eigenvalue weighted by Crippen LogP contribution is -2.38. The SMILES string of the molecule is CC(C)[C@H](C)NC(=O)c1cccc(CN2C(=O)COc3ccc(C(C)(C)C)cc32)c1. The topological polar surface area (TPSA) is 58.6 Å². The molecule has 1 aliphatic rings. The molecule has 0 bridgehead atoms. The Morgan fingerprint density at radius 2 is 1.87 bits per heavy atom. The number of benzene rings is 2. The fraction of sp³-hybridized carbons (Fsp3) is 0.440. The van der Waals surface area contributed by atoms with Gasteiger partial charge in [0.2, 0.25) is 0 Å². The van der Waals surface area contributed by atoms with E-state index in [4.69, 9.17) is 4.74 Å². The van der Waals surface area contributed by atoms with Crippen LogP contribution in [0.25, 0.3) is 0 Å². The highest BCUT2D eigenvalue weighted by atomic mass is 16.5. The summed E-state index contributed by atoms with van der Waals surface area (Å²) in [5.41, 5.74) is 3.39. The molecular weight excluding hydrogens is 376 g/mol. The molecule has 0 aromatic heterocycles. The zero-order valence-electron chi connectivity index (χ0n) is 18.8. The molecule has 0 saturated heterocycles. The van der Waals surface area contributed by atoms with E-state index in [0.717, 1.165) is 16.8 Å². The van der Waals surface area contributed by atoms with Gasteiger partial charge in [0.15, 0.2) is 6.61 Å². The Bertz CT molecular complexity index is 944. The Balaban J connectivity index is 1.87. The first kappa shape index (κ1) is 21.9. The molecule has 5 nitrogen and oxygen atoms in total. The monoisotopic (exact) mass is 408 g/mol. The van der Waals surface area contributed by atoms with Gasteiger partial charge in [-0.3, -0.25) is 9.59 Å². The Hall–Kier alpha value is -2.82. The van der Waals surface area contributed by atoms with E-state index in [9.17, 15) is 9.59 Å². The number of fused-ring (bicyclic) bond motifs is 1. The van der Waals surface area contributed by atoms with Crippen LogP contribution in [0.1, 0.15) is 63.0 Å². The molecule has 3 rings (SSSR count). The third-order valence-electron chi connectivity index (χ3n) is 5.66. The van der Waals surface area contributed by atoms with Gasteiger partial charge in [-0.2, -0.15) is 0 Å². The lowest BCUT2D eigenvalue weighted by atomic mass is 9.86. The van der Waals surface area contributed by atoms with Crippen LogP contribution in [0.3, 0.4) is 0 Å². The van der Waals surface area contributed by atoms with Crippen LogP contribution < -0.4 is 15.0 Å². The number of nitrogens with one attached hydrogen (secondary N) is 1. The van der Waals surface area contributed by atoms with Crippen molar-refractivity contribution < 1.29 is 14.3 Å². The molecule has 2 aromatic rings. The van der Waals surface area contributed by atoms with E-state index < -0.39 is 0 Å². The summed E-state index contributed by atoms with van der Waals surface area (Å²) < 4.78 is 5.64. The summed E-state index contributed by atoms with van der Waals surface area (Å²) in [5.74, 6) is 0.887. The molecule has 2 aromatic carbocycles. The zero-order chi connectivity index (χ0) is 22.1. The lowest BCUT2D eigenvalue weighted by molar-refractivity contribution is -0.121. The Kier molecular flexibility index (Phi) is 6.20. The van der Waals surface area contributed by atoms with E-state index in [1.807, 2.05) is 43.3 Å². The fourth-order valence-corrected chi connectivity index (χ4v) is 3.29. The number of anilines is 1. The Morgan fingerprint density at radius 3 is 2.53 bits per heavy atom. The van der Waals surface area contributed by atoms with Crippen molar-refractivity contribution in [3.63, 3.8) is 0 Å². The molecule has 5 heteroatoms. The lowest BCUT2D eigenvalue weighted by Gasteiger charge is -2.31. The normalized spacial score (nSPS) is 14.9. The van der Waals surface area contributed by atoms with Crippen molar-refractivity contribution in [3.8, 4) is 5.75 Å². The van der Waals surface area contributed by atoms with E-state index in [2.05, 4.69) is 39.9 Å². The van der Waals surface area contributed by atoms with Crippen molar-refractivity contribution in [2.45, 2.75) is 59.5 Å². The van der Waals surface area contributed by atoms with E-state index in [1.54, 1.807) is 11.0 Å². The van der Waals surface area contributed by atoms with Gasteiger partial charge in [-0.25, -0.2) is 0 Å². The minimum atomic E-state index is -0.0956. The molecule has 1 N–H and O–H groups in total. The predicted octanol–water partition coefficient (Wildman–Crippen LogP) is 4.68. The van der Waals surface area contributed by atoms with Crippen molar-refractivity contribution in [2.75, 3.05) is 11.5 Å². The number of carbonyl (C=O) groups excluding carboxylic acids is 2. The van der Waals surface area contributed by atoms with E-state index in [-0.39, 0.29) is 29.9 Å². The minimum Gasteiger partial charge on any atom is -0.482 e. The minimum absolute atomic E-state index is 0.0218. The maximum Gasteiger partial charge on any atom is 0.265 e. The van der Waals surface area contributed by atoms with Gasteiger partial charge in [0.05, 0.1) is 12.2 Å². The van der Waals surface area contributed by atoms with Gasteiger partial charge in [-0.1, -0.05) is 52.8 Å². The van der Waals surface area contributed by atoms with Crippen molar-refractivity contribution >= 4 is 17.5 Å². The second-order valence-corrected chi connectivity index (χ2v) is 9.41. The molecule has 30 heavy (non-hydrogen) atoms. The van der Waals surface area contributed by atoms with Crippen LogP contribution in [0, 0.1) is 5.92 Å². The number of ether oxygens (including phenoxy) is 1. The third kappa shape index (κ3) is 4.84. The molecule has 1 atom stereocenters.